The predicted molar refractivity (Wildman–Crippen MR) is 121 cm³/mol. The van der Waals surface area contributed by atoms with Crippen molar-refractivity contribution in [2.75, 3.05) is 31.6 Å². The maximum atomic E-state index is 5.44. The molecular formula is C23H23N5OS. The number of thiazole rings is 1. The van der Waals surface area contributed by atoms with Crippen LogP contribution >= 0.6 is 11.3 Å². The first-order valence-corrected chi connectivity index (χ1v) is 10.9. The summed E-state index contributed by atoms with van der Waals surface area (Å²) in [6.07, 6.45) is 0. The fraction of sp³-hybridized carbons (Fsp3) is 0.261. The molecule has 0 radical (unpaired) electrons. The third-order valence-electron chi connectivity index (χ3n) is 5.21. The van der Waals surface area contributed by atoms with Gasteiger partial charge in [-0.15, -0.1) is 10.2 Å². The lowest BCUT2D eigenvalue weighted by atomic mass is 10.1. The molecule has 4 aromatic rings. The number of fused-ring (bicyclic) bond motifs is 1. The van der Waals surface area contributed by atoms with Crippen LogP contribution in [0, 0.1) is 6.92 Å². The molecule has 0 aliphatic carbocycles. The van der Waals surface area contributed by atoms with Crippen LogP contribution in [0.4, 0.5) is 10.9 Å². The summed E-state index contributed by atoms with van der Waals surface area (Å²) < 4.78 is 6.61. The summed E-state index contributed by atoms with van der Waals surface area (Å²) >= 11 is 1.64. The molecule has 2 aromatic carbocycles. The fourth-order valence-corrected chi connectivity index (χ4v) is 4.46. The maximum Gasteiger partial charge on any atom is 0.189 e. The molecule has 30 heavy (non-hydrogen) atoms. The molecule has 0 unspecified atom stereocenters. The van der Waals surface area contributed by atoms with Crippen LogP contribution in [-0.2, 0) is 11.3 Å². The molecule has 6 nitrogen and oxygen atoms in total. The minimum absolute atomic E-state index is 0.693. The van der Waals surface area contributed by atoms with Crippen LogP contribution < -0.4 is 5.32 Å². The number of hydrogen-bond donors (Lipinski definition) is 1. The average Bonchev–Trinajstić information content (AvgIpc) is 3.17. The number of hydrogen-bond acceptors (Lipinski definition) is 7. The van der Waals surface area contributed by atoms with Crippen molar-refractivity contribution in [1.82, 2.24) is 20.1 Å². The predicted octanol–water partition coefficient (Wildman–Crippen LogP) is 4.64. The molecule has 1 aliphatic heterocycles. The Hall–Kier alpha value is -2.87. The standard InChI is InChI=1S/C23H23N5OS/c1-16-2-5-18(6-3-16)19-8-9-22(27-26-19)25-23-24-20-7-4-17(14-21(20)30-23)15-28-10-12-29-13-11-28/h2-9,14H,10-13,15H2,1H3,(H,24,25,27). The fourth-order valence-electron chi connectivity index (χ4n) is 3.53. The number of aromatic nitrogens is 3. The van der Waals surface area contributed by atoms with E-state index < -0.39 is 0 Å². The smallest absolute Gasteiger partial charge is 0.189 e. The number of aryl methyl sites for hydroxylation is 1. The van der Waals surface area contributed by atoms with Gasteiger partial charge in [-0.1, -0.05) is 47.2 Å². The molecule has 0 spiro atoms. The number of morpholine rings is 1. The average molecular weight is 418 g/mol. The molecule has 1 N–H and O–H groups in total. The number of ether oxygens (including phenoxy) is 1. The highest BCUT2D eigenvalue weighted by Crippen LogP contribution is 2.29. The van der Waals surface area contributed by atoms with Gasteiger partial charge in [0.05, 0.1) is 29.1 Å². The van der Waals surface area contributed by atoms with E-state index in [0.29, 0.717) is 5.82 Å². The van der Waals surface area contributed by atoms with E-state index in [-0.39, 0.29) is 0 Å². The van der Waals surface area contributed by atoms with Crippen LogP contribution in [0.15, 0.2) is 54.6 Å². The van der Waals surface area contributed by atoms with Gasteiger partial charge in [0.15, 0.2) is 10.9 Å². The molecule has 1 saturated heterocycles. The Kier molecular flexibility index (Phi) is 5.40. The third-order valence-corrected chi connectivity index (χ3v) is 6.14. The van der Waals surface area contributed by atoms with Crippen molar-refractivity contribution < 1.29 is 4.74 Å². The molecule has 5 rings (SSSR count). The van der Waals surface area contributed by atoms with Gasteiger partial charge in [0.2, 0.25) is 0 Å². The molecule has 3 heterocycles. The van der Waals surface area contributed by atoms with Gasteiger partial charge in [-0.2, -0.15) is 0 Å². The highest BCUT2D eigenvalue weighted by molar-refractivity contribution is 7.22. The lowest BCUT2D eigenvalue weighted by Crippen LogP contribution is -2.35. The lowest BCUT2D eigenvalue weighted by Gasteiger charge is -2.26. The Morgan fingerprint density at radius 1 is 1.00 bits per heavy atom. The van der Waals surface area contributed by atoms with Gasteiger partial charge in [-0.3, -0.25) is 4.90 Å². The summed E-state index contributed by atoms with van der Waals surface area (Å²) in [6, 6.07) is 18.7. The molecule has 0 atom stereocenters. The van der Waals surface area contributed by atoms with Crippen LogP contribution in [-0.4, -0.2) is 46.4 Å². The van der Waals surface area contributed by atoms with Crippen LogP contribution in [0.5, 0.6) is 0 Å². The van der Waals surface area contributed by atoms with Crippen LogP contribution in [0.1, 0.15) is 11.1 Å². The zero-order chi connectivity index (χ0) is 20.3. The zero-order valence-corrected chi connectivity index (χ0v) is 17.7. The van der Waals surface area contributed by atoms with Crippen molar-refractivity contribution in [3.63, 3.8) is 0 Å². The minimum atomic E-state index is 0.693. The van der Waals surface area contributed by atoms with E-state index in [1.807, 2.05) is 12.1 Å². The van der Waals surface area contributed by atoms with Crippen molar-refractivity contribution in [1.29, 1.82) is 0 Å². The second kappa shape index (κ2) is 8.47. The first kappa shape index (κ1) is 19.1. The summed E-state index contributed by atoms with van der Waals surface area (Å²) in [5.74, 6) is 0.693. The maximum absolute atomic E-state index is 5.44. The van der Waals surface area contributed by atoms with Gasteiger partial charge in [0.25, 0.3) is 0 Å². The first-order chi connectivity index (χ1) is 14.7. The monoisotopic (exact) mass is 417 g/mol. The summed E-state index contributed by atoms with van der Waals surface area (Å²) in [6.45, 7) is 6.65. The van der Waals surface area contributed by atoms with Crippen LogP contribution in [0.2, 0.25) is 0 Å². The Morgan fingerprint density at radius 2 is 1.83 bits per heavy atom. The Morgan fingerprint density at radius 3 is 2.60 bits per heavy atom. The number of rotatable bonds is 5. The van der Waals surface area contributed by atoms with Crippen molar-refractivity contribution >= 4 is 32.5 Å². The second-order valence-electron chi connectivity index (χ2n) is 7.50. The number of nitrogens with one attached hydrogen (secondary N) is 1. The molecule has 7 heteroatoms. The molecule has 152 valence electrons. The third kappa shape index (κ3) is 4.33. The van der Waals surface area contributed by atoms with Crippen LogP contribution in [0.25, 0.3) is 21.5 Å². The van der Waals surface area contributed by atoms with Crippen LogP contribution in [0.3, 0.4) is 0 Å². The number of benzene rings is 2. The van der Waals surface area contributed by atoms with E-state index in [0.717, 1.165) is 54.8 Å². The van der Waals surface area contributed by atoms with Crippen molar-refractivity contribution in [3.05, 3.63) is 65.7 Å². The van der Waals surface area contributed by atoms with E-state index in [9.17, 15) is 0 Å². The van der Waals surface area contributed by atoms with E-state index >= 15 is 0 Å². The summed E-state index contributed by atoms with van der Waals surface area (Å²) in [7, 11) is 0. The first-order valence-electron chi connectivity index (χ1n) is 10.1. The largest absolute Gasteiger partial charge is 0.379 e. The Labute approximate surface area is 179 Å². The summed E-state index contributed by atoms with van der Waals surface area (Å²) in [4.78, 5) is 7.12. The van der Waals surface area contributed by atoms with E-state index in [2.05, 4.69) is 69.8 Å². The lowest BCUT2D eigenvalue weighted by molar-refractivity contribution is 0.0342. The summed E-state index contributed by atoms with van der Waals surface area (Å²) in [5, 5.41) is 12.8. The highest BCUT2D eigenvalue weighted by atomic mass is 32.1. The quantitative estimate of drug-likeness (QED) is 0.510. The topological polar surface area (TPSA) is 63.2 Å². The van der Waals surface area contributed by atoms with Gasteiger partial charge in [-0.25, -0.2) is 4.98 Å². The normalized spacial score (nSPS) is 14.8. The zero-order valence-electron chi connectivity index (χ0n) is 16.8. The van der Waals surface area contributed by atoms with Crippen molar-refractivity contribution in [2.45, 2.75) is 13.5 Å². The minimum Gasteiger partial charge on any atom is -0.379 e. The molecular weight excluding hydrogens is 394 g/mol. The van der Waals surface area contributed by atoms with E-state index in [4.69, 9.17) is 9.72 Å². The number of nitrogens with zero attached hydrogens (tertiary/aromatic N) is 4. The Balaban J connectivity index is 1.29. The molecule has 0 saturated carbocycles. The van der Waals surface area contributed by atoms with Gasteiger partial charge >= 0.3 is 0 Å². The molecule has 1 fully saturated rings. The van der Waals surface area contributed by atoms with E-state index in [1.54, 1.807) is 11.3 Å². The van der Waals surface area contributed by atoms with Crippen molar-refractivity contribution in [3.8, 4) is 11.3 Å². The van der Waals surface area contributed by atoms with Gasteiger partial charge < -0.3 is 10.1 Å². The van der Waals surface area contributed by atoms with Gasteiger partial charge in [-0.05, 0) is 36.8 Å². The second-order valence-corrected chi connectivity index (χ2v) is 8.54. The van der Waals surface area contributed by atoms with E-state index in [1.165, 1.54) is 15.8 Å². The molecule has 2 aromatic heterocycles. The van der Waals surface area contributed by atoms with Gasteiger partial charge in [0.1, 0.15) is 0 Å². The molecule has 1 aliphatic rings. The highest BCUT2D eigenvalue weighted by Gasteiger charge is 2.12. The Bertz CT molecular complexity index is 1130. The van der Waals surface area contributed by atoms with Gasteiger partial charge in [0, 0.05) is 25.2 Å². The molecule has 0 amide bonds. The summed E-state index contributed by atoms with van der Waals surface area (Å²) in [5.41, 5.74) is 5.46. The SMILES string of the molecule is Cc1ccc(-c2ccc(Nc3nc4ccc(CN5CCOCC5)cc4s3)nn2)cc1. The van der Waals surface area contributed by atoms with Crippen molar-refractivity contribution in [2.24, 2.45) is 0 Å². The number of anilines is 2. The molecule has 0 bridgehead atoms.